The van der Waals surface area contributed by atoms with Crippen LogP contribution in [0.2, 0.25) is 0 Å². The number of allylic oxidation sites excluding steroid dienone is 2. The van der Waals surface area contributed by atoms with E-state index in [9.17, 15) is 61.0 Å². The van der Waals surface area contributed by atoms with E-state index in [4.69, 9.17) is 28.4 Å². The molecule has 19 heteroatoms. The zero-order valence-electron chi connectivity index (χ0n) is 51.4. The average molecular weight is 1190 g/mol. The molecule has 0 aromatic rings. The molecule has 3 aliphatic heterocycles. The Hall–Kier alpha value is -1.47. The summed E-state index contributed by atoms with van der Waals surface area (Å²) in [5, 5.41) is 120. The summed E-state index contributed by atoms with van der Waals surface area (Å²) in [5.74, 6) is -0.241. The van der Waals surface area contributed by atoms with Crippen molar-refractivity contribution in [2.75, 3.05) is 26.4 Å². The minimum Gasteiger partial charge on any atom is -0.394 e. The Morgan fingerprint density at radius 2 is 0.759 bits per heavy atom. The van der Waals surface area contributed by atoms with Gasteiger partial charge >= 0.3 is 0 Å². The van der Waals surface area contributed by atoms with E-state index in [0.29, 0.717) is 12.8 Å². The lowest BCUT2D eigenvalue weighted by atomic mass is 9.96. The maximum atomic E-state index is 13.3. The van der Waals surface area contributed by atoms with E-state index in [1.165, 1.54) is 180 Å². The topological polar surface area (TPSA) is 307 Å². The van der Waals surface area contributed by atoms with Crippen LogP contribution in [0.25, 0.3) is 0 Å². The van der Waals surface area contributed by atoms with Crippen molar-refractivity contribution in [1.29, 1.82) is 0 Å². The third-order valence-electron chi connectivity index (χ3n) is 17.1. The lowest BCUT2D eigenvalue weighted by Crippen LogP contribution is -2.66. The van der Waals surface area contributed by atoms with Crippen LogP contribution in [0.15, 0.2) is 12.2 Å². The number of hydrogen-bond acceptors (Lipinski definition) is 18. The van der Waals surface area contributed by atoms with Gasteiger partial charge in [-0.3, -0.25) is 4.79 Å². The number of rotatable bonds is 51. The van der Waals surface area contributed by atoms with E-state index in [-0.39, 0.29) is 18.9 Å². The molecule has 83 heavy (non-hydrogen) atoms. The quantitative estimate of drug-likeness (QED) is 0.0205. The van der Waals surface area contributed by atoms with Crippen LogP contribution in [-0.2, 0) is 33.2 Å². The molecule has 3 fully saturated rings. The maximum absolute atomic E-state index is 13.3. The summed E-state index contributed by atoms with van der Waals surface area (Å²) in [6, 6.07) is -0.881. The molecule has 0 aromatic heterocycles. The van der Waals surface area contributed by atoms with E-state index in [2.05, 4.69) is 31.3 Å². The summed E-state index contributed by atoms with van der Waals surface area (Å²) < 4.78 is 34.3. The summed E-state index contributed by atoms with van der Waals surface area (Å²) in [6.45, 7) is 1.78. The molecule has 3 rings (SSSR count). The molecule has 17 atom stereocenters. The van der Waals surface area contributed by atoms with Gasteiger partial charge in [-0.05, 0) is 38.5 Å². The predicted octanol–water partition coefficient (Wildman–Crippen LogP) is 7.72. The Morgan fingerprint density at radius 3 is 1.17 bits per heavy atom. The Bertz CT molecular complexity index is 1560. The SMILES string of the molecule is CCCCCCCCCC/C=C\CCCCCCCCCCCCCCCCCCCC(=O)NC(COC1OC(CO)C(OC2OC(CO)C(OC3OC(CO)C(O)C(O)C3O)C(O)C2O)C(O)C1O)C(O)CCCCCCCCCCC. The fraction of sp³-hybridized carbons (Fsp3) is 0.953. The Labute approximate surface area is 499 Å². The minimum absolute atomic E-state index is 0.241. The summed E-state index contributed by atoms with van der Waals surface area (Å²) in [7, 11) is 0. The molecule has 3 aliphatic rings. The van der Waals surface area contributed by atoms with Crippen molar-refractivity contribution in [2.45, 2.75) is 362 Å². The molecular weight excluding hydrogens is 1070 g/mol. The van der Waals surface area contributed by atoms with Crippen LogP contribution in [-0.4, -0.2) is 193 Å². The van der Waals surface area contributed by atoms with E-state index in [1.54, 1.807) is 0 Å². The van der Waals surface area contributed by atoms with Crippen molar-refractivity contribution in [2.24, 2.45) is 0 Å². The van der Waals surface area contributed by atoms with Crippen LogP contribution < -0.4 is 5.32 Å². The van der Waals surface area contributed by atoms with E-state index < -0.39 is 124 Å². The number of aliphatic hydroxyl groups is 11. The molecule has 3 heterocycles. The Kier molecular flexibility index (Phi) is 43.4. The standard InChI is InChI=1S/C64H121NO18/c1-3-5-7-9-11-13-14-15-16-17-18-19-20-21-22-23-24-25-26-27-28-29-30-31-32-34-36-38-40-42-52(70)65-47(48(69)41-39-37-35-33-12-10-8-6-4-2)46-78-62-58(76)55(73)60(50(44-67)80-62)83-64-59(77)56(74)61(51(45-68)81-64)82-63-57(75)54(72)53(71)49(43-66)79-63/h17-18,47-51,53-64,66-69,71-77H,3-16,19-46H2,1-2H3,(H,65,70)/b18-17-. The molecule has 0 spiro atoms. The zero-order chi connectivity index (χ0) is 60.5. The van der Waals surface area contributed by atoms with Crippen molar-refractivity contribution in [3.05, 3.63) is 12.2 Å². The van der Waals surface area contributed by atoms with E-state index in [1.807, 2.05) is 0 Å². The molecular formula is C64H121NO18. The van der Waals surface area contributed by atoms with Gasteiger partial charge in [0.2, 0.25) is 5.91 Å². The molecule has 17 unspecified atom stereocenters. The first kappa shape index (κ1) is 75.8. The molecule has 3 saturated heterocycles. The summed E-state index contributed by atoms with van der Waals surface area (Å²) in [4.78, 5) is 13.3. The number of nitrogens with one attached hydrogen (secondary N) is 1. The number of hydrogen-bond donors (Lipinski definition) is 12. The first-order valence-corrected chi connectivity index (χ1v) is 33.4. The molecule has 0 radical (unpaired) electrons. The normalized spacial score (nSPS) is 29.4. The first-order chi connectivity index (χ1) is 40.3. The second kappa shape index (κ2) is 47.5. The second-order valence-electron chi connectivity index (χ2n) is 24.3. The van der Waals surface area contributed by atoms with Crippen molar-refractivity contribution >= 4 is 5.91 Å². The maximum Gasteiger partial charge on any atom is 0.220 e. The van der Waals surface area contributed by atoms with Crippen molar-refractivity contribution in [3.63, 3.8) is 0 Å². The number of aliphatic hydroxyl groups excluding tert-OH is 11. The van der Waals surface area contributed by atoms with Crippen LogP contribution in [0.5, 0.6) is 0 Å². The highest BCUT2D eigenvalue weighted by Gasteiger charge is 2.53. The number of carbonyl (C=O) groups is 1. The predicted molar refractivity (Wildman–Crippen MR) is 319 cm³/mol. The molecule has 490 valence electrons. The lowest BCUT2D eigenvalue weighted by molar-refractivity contribution is -0.379. The van der Waals surface area contributed by atoms with Crippen LogP contribution in [0, 0.1) is 0 Å². The van der Waals surface area contributed by atoms with Gasteiger partial charge in [-0.15, -0.1) is 0 Å². The summed E-state index contributed by atoms with van der Waals surface area (Å²) in [5.41, 5.74) is 0. The fourth-order valence-electron chi connectivity index (χ4n) is 11.6. The Morgan fingerprint density at radius 1 is 0.422 bits per heavy atom. The second-order valence-corrected chi connectivity index (χ2v) is 24.3. The van der Waals surface area contributed by atoms with Crippen LogP contribution in [0.4, 0.5) is 0 Å². The number of unbranched alkanes of at least 4 members (excludes halogenated alkanes) is 33. The lowest BCUT2D eigenvalue weighted by Gasteiger charge is -2.48. The van der Waals surface area contributed by atoms with Crippen molar-refractivity contribution in [3.8, 4) is 0 Å². The molecule has 1 amide bonds. The van der Waals surface area contributed by atoms with Gasteiger partial charge in [-0.1, -0.05) is 225 Å². The smallest absolute Gasteiger partial charge is 0.220 e. The molecule has 0 aromatic carbocycles. The van der Waals surface area contributed by atoms with Crippen molar-refractivity contribution in [1.82, 2.24) is 5.32 Å². The van der Waals surface area contributed by atoms with Crippen LogP contribution >= 0.6 is 0 Å². The molecule has 0 bridgehead atoms. The third kappa shape index (κ3) is 30.5. The highest BCUT2D eigenvalue weighted by molar-refractivity contribution is 5.76. The zero-order valence-corrected chi connectivity index (χ0v) is 51.4. The van der Waals surface area contributed by atoms with Gasteiger partial charge in [0.05, 0.1) is 38.6 Å². The van der Waals surface area contributed by atoms with Gasteiger partial charge in [0.15, 0.2) is 18.9 Å². The minimum atomic E-state index is -1.97. The van der Waals surface area contributed by atoms with Gasteiger partial charge in [-0.25, -0.2) is 0 Å². The van der Waals surface area contributed by atoms with Gasteiger partial charge < -0.3 is 89.9 Å². The average Bonchev–Trinajstić information content (AvgIpc) is 3.25. The molecule has 0 aliphatic carbocycles. The molecule has 19 nitrogen and oxygen atoms in total. The highest BCUT2D eigenvalue weighted by atomic mass is 16.8. The van der Waals surface area contributed by atoms with Crippen molar-refractivity contribution < 1.29 is 89.4 Å². The van der Waals surface area contributed by atoms with Crippen LogP contribution in [0.3, 0.4) is 0 Å². The monoisotopic (exact) mass is 1190 g/mol. The van der Waals surface area contributed by atoms with Gasteiger partial charge in [0, 0.05) is 6.42 Å². The van der Waals surface area contributed by atoms with Gasteiger partial charge in [0.1, 0.15) is 73.2 Å². The Balaban J connectivity index is 1.35. The van der Waals surface area contributed by atoms with E-state index in [0.717, 1.165) is 44.9 Å². The fourth-order valence-corrected chi connectivity index (χ4v) is 11.6. The third-order valence-corrected chi connectivity index (χ3v) is 17.1. The molecule has 12 N–H and O–H groups in total. The number of amides is 1. The van der Waals surface area contributed by atoms with Gasteiger partial charge in [0.25, 0.3) is 0 Å². The number of ether oxygens (including phenoxy) is 6. The summed E-state index contributed by atoms with van der Waals surface area (Å²) >= 11 is 0. The summed E-state index contributed by atoms with van der Waals surface area (Å²) in [6.07, 6.45) is 23.4. The number of carbonyl (C=O) groups excluding carboxylic acids is 1. The first-order valence-electron chi connectivity index (χ1n) is 33.4. The molecule has 0 saturated carbocycles. The van der Waals surface area contributed by atoms with Gasteiger partial charge in [-0.2, -0.15) is 0 Å². The van der Waals surface area contributed by atoms with E-state index >= 15 is 0 Å². The largest absolute Gasteiger partial charge is 0.394 e. The van der Waals surface area contributed by atoms with Crippen LogP contribution in [0.1, 0.15) is 258 Å². The highest BCUT2D eigenvalue weighted by Crippen LogP contribution is 2.33.